The van der Waals surface area contributed by atoms with Crippen LogP contribution >= 0.6 is 0 Å². The van der Waals surface area contributed by atoms with Gasteiger partial charge in [-0.25, -0.2) is 9.97 Å². The highest BCUT2D eigenvalue weighted by molar-refractivity contribution is 5.75. The van der Waals surface area contributed by atoms with E-state index in [2.05, 4.69) is 15.0 Å². The Bertz CT molecular complexity index is 584. The Labute approximate surface area is 111 Å². The summed E-state index contributed by atoms with van der Waals surface area (Å²) in [5.41, 5.74) is 2.39. The molecule has 1 atom stereocenters. The van der Waals surface area contributed by atoms with Crippen molar-refractivity contribution in [2.75, 3.05) is 0 Å². The van der Waals surface area contributed by atoms with Crippen LogP contribution in [0.5, 0.6) is 0 Å². The van der Waals surface area contributed by atoms with Gasteiger partial charge in [0.25, 0.3) is 0 Å². The van der Waals surface area contributed by atoms with E-state index >= 15 is 0 Å². The van der Waals surface area contributed by atoms with Crippen molar-refractivity contribution in [3.8, 4) is 11.3 Å². The van der Waals surface area contributed by atoms with Crippen LogP contribution in [0.25, 0.3) is 11.3 Å². The monoisotopic (exact) mass is 257 g/mol. The molecule has 0 aliphatic heterocycles. The Kier molecular flexibility index (Phi) is 3.85. The van der Waals surface area contributed by atoms with E-state index in [1.165, 1.54) is 0 Å². The molecule has 0 amide bonds. The van der Waals surface area contributed by atoms with Crippen LogP contribution in [0.2, 0.25) is 0 Å². The molecule has 0 aliphatic rings. The molecule has 0 spiro atoms. The Morgan fingerprint density at radius 3 is 2.58 bits per heavy atom. The van der Waals surface area contributed by atoms with Gasteiger partial charge in [-0.05, 0) is 31.5 Å². The average Bonchev–Trinajstić information content (AvgIpc) is 2.39. The fraction of sp³-hybridized carbons (Fsp3) is 0.286. The van der Waals surface area contributed by atoms with Crippen LogP contribution in [0.1, 0.15) is 30.8 Å². The molecule has 2 aromatic heterocycles. The van der Waals surface area contributed by atoms with Crippen molar-refractivity contribution >= 4 is 5.97 Å². The van der Waals surface area contributed by atoms with E-state index in [9.17, 15) is 9.90 Å². The number of carboxylic acid groups (broad SMARTS) is 1. The first-order valence-electron chi connectivity index (χ1n) is 6.10. The number of carbonyl (C=O) groups is 1. The zero-order valence-corrected chi connectivity index (χ0v) is 10.9. The van der Waals surface area contributed by atoms with E-state index in [0.29, 0.717) is 12.2 Å². The average molecular weight is 257 g/mol. The zero-order chi connectivity index (χ0) is 13.8. The first-order chi connectivity index (χ1) is 9.11. The summed E-state index contributed by atoms with van der Waals surface area (Å²) in [6.07, 6.45) is 3.83. The molecule has 1 N–H and O–H groups in total. The fourth-order valence-electron chi connectivity index (χ4n) is 1.89. The topological polar surface area (TPSA) is 76.0 Å². The number of carboxylic acids is 1. The lowest BCUT2D eigenvalue weighted by Gasteiger charge is -2.11. The van der Waals surface area contributed by atoms with Crippen molar-refractivity contribution < 1.29 is 9.90 Å². The molecule has 0 saturated carbocycles. The smallest absolute Gasteiger partial charge is 0.314 e. The molecule has 0 aliphatic carbocycles. The zero-order valence-electron chi connectivity index (χ0n) is 10.9. The van der Waals surface area contributed by atoms with Crippen molar-refractivity contribution in [2.45, 2.75) is 26.2 Å². The Morgan fingerprint density at radius 1 is 1.32 bits per heavy atom. The predicted molar refractivity (Wildman–Crippen MR) is 70.7 cm³/mol. The van der Waals surface area contributed by atoms with E-state index in [1.54, 1.807) is 12.4 Å². The summed E-state index contributed by atoms with van der Waals surface area (Å²) in [5.74, 6) is -1.20. The number of aromatic nitrogens is 3. The van der Waals surface area contributed by atoms with Gasteiger partial charge in [0.15, 0.2) is 0 Å². The van der Waals surface area contributed by atoms with Gasteiger partial charge in [0.2, 0.25) is 0 Å². The van der Waals surface area contributed by atoms with Crippen molar-refractivity contribution in [1.82, 2.24) is 15.0 Å². The van der Waals surface area contributed by atoms with Gasteiger partial charge in [0.1, 0.15) is 11.7 Å². The number of aliphatic carboxylic acids is 1. The Balaban J connectivity index is 2.48. The van der Waals surface area contributed by atoms with Crippen LogP contribution in [-0.4, -0.2) is 26.0 Å². The number of hydrogen-bond donors (Lipinski definition) is 1. The lowest BCUT2D eigenvalue weighted by Crippen LogP contribution is -2.15. The Hall–Kier alpha value is -2.30. The van der Waals surface area contributed by atoms with Gasteiger partial charge in [-0.1, -0.05) is 6.92 Å². The fourth-order valence-corrected chi connectivity index (χ4v) is 1.89. The molecule has 2 heterocycles. The quantitative estimate of drug-likeness (QED) is 0.910. The van der Waals surface area contributed by atoms with Crippen LogP contribution in [0.4, 0.5) is 0 Å². The largest absolute Gasteiger partial charge is 0.481 e. The molecule has 1 unspecified atom stereocenters. The van der Waals surface area contributed by atoms with Crippen molar-refractivity contribution in [2.24, 2.45) is 0 Å². The molecule has 2 aromatic rings. The number of hydrogen-bond acceptors (Lipinski definition) is 4. The number of rotatable bonds is 4. The van der Waals surface area contributed by atoms with Crippen LogP contribution in [0, 0.1) is 6.92 Å². The van der Waals surface area contributed by atoms with Crippen LogP contribution < -0.4 is 0 Å². The first-order valence-corrected chi connectivity index (χ1v) is 6.10. The van der Waals surface area contributed by atoms with Gasteiger partial charge in [-0.2, -0.15) is 0 Å². The van der Waals surface area contributed by atoms with E-state index in [-0.39, 0.29) is 0 Å². The van der Waals surface area contributed by atoms with Gasteiger partial charge >= 0.3 is 5.97 Å². The highest BCUT2D eigenvalue weighted by Crippen LogP contribution is 2.21. The molecule has 98 valence electrons. The molecular weight excluding hydrogens is 242 g/mol. The lowest BCUT2D eigenvalue weighted by atomic mass is 10.1. The second-order valence-electron chi connectivity index (χ2n) is 4.29. The highest BCUT2D eigenvalue weighted by atomic mass is 16.4. The molecule has 5 heteroatoms. The minimum Gasteiger partial charge on any atom is -0.481 e. The van der Waals surface area contributed by atoms with E-state index in [4.69, 9.17) is 0 Å². The molecular formula is C14H15N3O2. The number of nitrogens with zero attached hydrogens (tertiary/aromatic N) is 3. The summed E-state index contributed by atoms with van der Waals surface area (Å²) >= 11 is 0. The predicted octanol–water partition coefficient (Wildman–Crippen LogP) is 2.43. The molecule has 0 bridgehead atoms. The summed E-state index contributed by atoms with van der Waals surface area (Å²) in [7, 11) is 0. The van der Waals surface area contributed by atoms with Crippen molar-refractivity contribution in [3.63, 3.8) is 0 Å². The highest BCUT2D eigenvalue weighted by Gasteiger charge is 2.21. The molecule has 0 radical (unpaired) electrons. The maximum absolute atomic E-state index is 11.2. The standard InChI is InChI=1S/C14H15N3O2/c1-3-11(14(18)19)13-16-9(2)8-12(17-13)10-4-6-15-7-5-10/h4-8,11H,3H2,1-2H3,(H,18,19). The van der Waals surface area contributed by atoms with Gasteiger partial charge in [0, 0.05) is 23.7 Å². The van der Waals surface area contributed by atoms with Crippen molar-refractivity contribution in [1.29, 1.82) is 0 Å². The lowest BCUT2D eigenvalue weighted by molar-refractivity contribution is -0.139. The number of pyridine rings is 1. The maximum atomic E-state index is 11.2. The van der Waals surface area contributed by atoms with Crippen LogP contribution in [0.15, 0.2) is 30.6 Å². The van der Waals surface area contributed by atoms with Crippen LogP contribution in [0.3, 0.4) is 0 Å². The second kappa shape index (κ2) is 5.56. The maximum Gasteiger partial charge on any atom is 0.314 e. The van der Waals surface area contributed by atoms with Gasteiger partial charge in [-0.3, -0.25) is 9.78 Å². The molecule has 0 fully saturated rings. The second-order valence-corrected chi connectivity index (χ2v) is 4.29. The SMILES string of the molecule is CCC(C(=O)O)c1nc(C)cc(-c2ccncc2)n1. The molecule has 0 aromatic carbocycles. The van der Waals surface area contributed by atoms with Gasteiger partial charge in [-0.15, -0.1) is 0 Å². The normalized spacial score (nSPS) is 12.1. The molecule has 0 saturated heterocycles. The molecule has 19 heavy (non-hydrogen) atoms. The van der Waals surface area contributed by atoms with E-state index < -0.39 is 11.9 Å². The summed E-state index contributed by atoms with van der Waals surface area (Å²) in [5, 5.41) is 9.19. The summed E-state index contributed by atoms with van der Waals surface area (Å²) in [6, 6.07) is 5.52. The third-order valence-electron chi connectivity index (χ3n) is 2.87. The summed E-state index contributed by atoms with van der Waals surface area (Å²) in [6.45, 7) is 3.65. The van der Waals surface area contributed by atoms with E-state index in [1.807, 2.05) is 32.0 Å². The van der Waals surface area contributed by atoms with Gasteiger partial charge in [0.05, 0.1) is 5.69 Å². The summed E-state index contributed by atoms with van der Waals surface area (Å²) in [4.78, 5) is 23.8. The third-order valence-corrected chi connectivity index (χ3v) is 2.87. The minimum absolute atomic E-state index is 0.363. The third kappa shape index (κ3) is 2.93. The number of aryl methyl sites for hydroxylation is 1. The summed E-state index contributed by atoms with van der Waals surface area (Å²) < 4.78 is 0. The first kappa shape index (κ1) is 13.1. The molecule has 5 nitrogen and oxygen atoms in total. The minimum atomic E-state index is -0.895. The van der Waals surface area contributed by atoms with Crippen LogP contribution in [-0.2, 0) is 4.79 Å². The Morgan fingerprint density at radius 2 is 2.00 bits per heavy atom. The van der Waals surface area contributed by atoms with Gasteiger partial charge < -0.3 is 5.11 Å². The molecule has 2 rings (SSSR count). The van der Waals surface area contributed by atoms with Crippen molar-refractivity contribution in [3.05, 3.63) is 42.1 Å². The van der Waals surface area contributed by atoms with E-state index in [0.717, 1.165) is 17.0 Å².